The number of hydrogen-bond donors (Lipinski definition) is 1. The highest BCUT2D eigenvalue weighted by atomic mass is 32.2. The lowest BCUT2D eigenvalue weighted by atomic mass is 10.1. The second-order valence-electron chi connectivity index (χ2n) is 6.44. The zero-order valence-corrected chi connectivity index (χ0v) is 16.8. The van der Waals surface area contributed by atoms with Gasteiger partial charge in [-0.3, -0.25) is 4.79 Å². The largest absolute Gasteiger partial charge is 0.467 e. The SMILES string of the molecule is COC(=O)[C@@H](CCS(=O)(=O)c1ccccc1)NC(=O)Cc1cccc(C(F)(F)F)c1. The van der Waals surface area contributed by atoms with Crippen molar-refractivity contribution in [3.63, 3.8) is 0 Å². The molecule has 1 amide bonds. The molecule has 0 unspecified atom stereocenters. The Morgan fingerprint density at radius 2 is 1.73 bits per heavy atom. The second-order valence-corrected chi connectivity index (χ2v) is 8.55. The minimum Gasteiger partial charge on any atom is -0.467 e. The Hall–Kier alpha value is -2.88. The molecule has 10 heteroatoms. The van der Waals surface area contributed by atoms with Crippen molar-refractivity contribution < 1.29 is 35.9 Å². The molecule has 0 heterocycles. The Balaban J connectivity index is 2.06. The van der Waals surface area contributed by atoms with Gasteiger partial charge in [-0.1, -0.05) is 36.4 Å². The van der Waals surface area contributed by atoms with Crippen LogP contribution in [0.4, 0.5) is 13.2 Å². The van der Waals surface area contributed by atoms with Crippen LogP contribution in [-0.4, -0.2) is 39.2 Å². The Morgan fingerprint density at radius 1 is 1.07 bits per heavy atom. The molecule has 162 valence electrons. The van der Waals surface area contributed by atoms with E-state index in [9.17, 15) is 31.2 Å². The first-order valence-corrected chi connectivity index (χ1v) is 10.5. The number of methoxy groups -OCH3 is 1. The number of amides is 1. The monoisotopic (exact) mass is 443 g/mol. The first-order chi connectivity index (χ1) is 14.0. The third-order valence-corrected chi connectivity index (χ3v) is 5.98. The number of esters is 1. The molecule has 6 nitrogen and oxygen atoms in total. The number of ether oxygens (including phenoxy) is 1. The van der Waals surface area contributed by atoms with Crippen molar-refractivity contribution in [2.75, 3.05) is 12.9 Å². The van der Waals surface area contributed by atoms with Crippen LogP contribution in [0.2, 0.25) is 0 Å². The van der Waals surface area contributed by atoms with Crippen molar-refractivity contribution >= 4 is 21.7 Å². The van der Waals surface area contributed by atoms with Crippen molar-refractivity contribution in [1.82, 2.24) is 5.32 Å². The molecule has 0 saturated carbocycles. The predicted octanol–water partition coefficient (Wildman–Crippen LogP) is 2.77. The van der Waals surface area contributed by atoms with E-state index in [0.717, 1.165) is 19.2 Å². The van der Waals surface area contributed by atoms with Gasteiger partial charge in [-0.2, -0.15) is 13.2 Å². The minimum atomic E-state index is -4.55. The molecule has 1 atom stereocenters. The van der Waals surface area contributed by atoms with E-state index in [1.807, 2.05) is 0 Å². The van der Waals surface area contributed by atoms with E-state index >= 15 is 0 Å². The van der Waals surface area contributed by atoms with E-state index in [4.69, 9.17) is 0 Å². The maximum Gasteiger partial charge on any atom is 0.416 e. The van der Waals surface area contributed by atoms with Gasteiger partial charge < -0.3 is 10.1 Å². The average molecular weight is 443 g/mol. The Bertz CT molecular complexity index is 991. The number of hydrogen-bond acceptors (Lipinski definition) is 5. The summed E-state index contributed by atoms with van der Waals surface area (Å²) in [5, 5.41) is 2.34. The van der Waals surface area contributed by atoms with Gasteiger partial charge in [-0.25, -0.2) is 13.2 Å². The topological polar surface area (TPSA) is 89.5 Å². The van der Waals surface area contributed by atoms with E-state index in [0.29, 0.717) is 0 Å². The van der Waals surface area contributed by atoms with Crippen molar-refractivity contribution in [1.29, 1.82) is 0 Å². The number of sulfone groups is 1. The van der Waals surface area contributed by atoms with Crippen LogP contribution in [0.5, 0.6) is 0 Å². The summed E-state index contributed by atoms with van der Waals surface area (Å²) in [4.78, 5) is 24.3. The first-order valence-electron chi connectivity index (χ1n) is 8.84. The van der Waals surface area contributed by atoms with E-state index < -0.39 is 51.7 Å². The van der Waals surface area contributed by atoms with E-state index in [2.05, 4.69) is 10.1 Å². The fraction of sp³-hybridized carbons (Fsp3) is 0.300. The zero-order valence-electron chi connectivity index (χ0n) is 16.0. The Labute approximate surface area is 172 Å². The van der Waals surface area contributed by atoms with Gasteiger partial charge >= 0.3 is 12.1 Å². The summed E-state index contributed by atoms with van der Waals surface area (Å²) >= 11 is 0. The number of rotatable bonds is 8. The minimum absolute atomic E-state index is 0.0731. The molecule has 0 aliphatic carbocycles. The van der Waals surface area contributed by atoms with Crippen LogP contribution < -0.4 is 5.32 Å². The number of alkyl halides is 3. The highest BCUT2D eigenvalue weighted by molar-refractivity contribution is 7.91. The standard InChI is InChI=1S/C20H20F3NO5S/c1-29-19(26)17(10-11-30(27,28)16-8-3-2-4-9-16)24-18(25)13-14-6-5-7-15(12-14)20(21,22)23/h2-9,12,17H,10-11,13H2,1H3,(H,24,25)/t17-/m1/s1. The summed E-state index contributed by atoms with van der Waals surface area (Å²) in [5.74, 6) is -2.02. The molecule has 0 aliphatic heterocycles. The maximum absolute atomic E-state index is 12.8. The summed E-state index contributed by atoms with van der Waals surface area (Å²) in [5.41, 5.74) is -0.797. The predicted molar refractivity (Wildman–Crippen MR) is 102 cm³/mol. The lowest BCUT2D eigenvalue weighted by Gasteiger charge is -2.17. The Morgan fingerprint density at radius 3 is 2.33 bits per heavy atom. The maximum atomic E-state index is 12.8. The van der Waals surface area contributed by atoms with Crippen LogP contribution in [-0.2, 0) is 36.8 Å². The molecular weight excluding hydrogens is 423 g/mol. The van der Waals surface area contributed by atoms with Gasteiger partial charge in [0.05, 0.1) is 29.7 Å². The van der Waals surface area contributed by atoms with Gasteiger partial charge in [0.15, 0.2) is 9.84 Å². The smallest absolute Gasteiger partial charge is 0.416 e. The molecule has 2 rings (SSSR count). The molecule has 2 aromatic rings. The summed E-state index contributed by atoms with van der Waals surface area (Å²) in [6, 6.07) is 10.6. The first kappa shape index (κ1) is 23.4. The van der Waals surface area contributed by atoms with Gasteiger partial charge in [0.1, 0.15) is 6.04 Å². The molecule has 0 saturated heterocycles. The van der Waals surface area contributed by atoms with E-state index in [-0.39, 0.29) is 16.9 Å². The van der Waals surface area contributed by atoms with E-state index in [1.54, 1.807) is 18.2 Å². The fourth-order valence-electron chi connectivity index (χ4n) is 2.70. The summed E-state index contributed by atoms with van der Waals surface area (Å²) in [6.45, 7) is 0. The molecule has 0 radical (unpaired) electrons. The molecule has 2 aromatic carbocycles. The zero-order chi connectivity index (χ0) is 22.4. The highest BCUT2D eigenvalue weighted by Crippen LogP contribution is 2.29. The van der Waals surface area contributed by atoms with Gasteiger partial charge in [0.2, 0.25) is 5.91 Å². The molecule has 0 spiro atoms. The van der Waals surface area contributed by atoms with Crippen LogP contribution in [0.25, 0.3) is 0 Å². The van der Waals surface area contributed by atoms with Crippen molar-refractivity contribution in [2.24, 2.45) is 0 Å². The van der Waals surface area contributed by atoms with Gasteiger partial charge in [0, 0.05) is 0 Å². The summed E-state index contributed by atoms with van der Waals surface area (Å²) in [6.07, 6.45) is -5.21. The van der Waals surface area contributed by atoms with Crippen molar-refractivity contribution in [2.45, 2.75) is 30.0 Å². The Kier molecular flexibility index (Phi) is 7.60. The highest BCUT2D eigenvalue weighted by Gasteiger charge is 2.30. The van der Waals surface area contributed by atoms with Gasteiger partial charge in [-0.05, 0) is 30.2 Å². The fourth-order valence-corrected chi connectivity index (χ4v) is 4.05. The summed E-state index contributed by atoms with van der Waals surface area (Å²) in [7, 11) is -2.61. The van der Waals surface area contributed by atoms with Gasteiger partial charge in [0.25, 0.3) is 0 Å². The lowest BCUT2D eigenvalue weighted by Crippen LogP contribution is -2.43. The molecule has 0 aliphatic rings. The molecule has 0 aromatic heterocycles. The quantitative estimate of drug-likeness (QED) is 0.634. The van der Waals surface area contributed by atoms with Crippen molar-refractivity contribution in [3.8, 4) is 0 Å². The third kappa shape index (κ3) is 6.58. The van der Waals surface area contributed by atoms with Crippen LogP contribution in [0.15, 0.2) is 59.5 Å². The molecule has 30 heavy (non-hydrogen) atoms. The van der Waals surface area contributed by atoms with E-state index in [1.165, 1.54) is 24.3 Å². The normalized spacial score (nSPS) is 12.8. The van der Waals surface area contributed by atoms with Crippen LogP contribution in [0.1, 0.15) is 17.5 Å². The lowest BCUT2D eigenvalue weighted by molar-refractivity contribution is -0.145. The number of benzene rings is 2. The van der Waals surface area contributed by atoms with Crippen LogP contribution in [0, 0.1) is 0 Å². The molecule has 0 bridgehead atoms. The second kappa shape index (κ2) is 9.75. The molecule has 1 N–H and O–H groups in total. The van der Waals surface area contributed by atoms with Gasteiger partial charge in [-0.15, -0.1) is 0 Å². The van der Waals surface area contributed by atoms with Crippen LogP contribution >= 0.6 is 0 Å². The number of nitrogens with one attached hydrogen (secondary N) is 1. The molecule has 0 fully saturated rings. The van der Waals surface area contributed by atoms with Crippen LogP contribution in [0.3, 0.4) is 0 Å². The average Bonchev–Trinajstić information content (AvgIpc) is 2.70. The summed E-state index contributed by atoms with van der Waals surface area (Å²) < 4.78 is 67.8. The number of halogens is 3. The number of carbonyl (C=O) groups is 2. The molecular formula is C20H20F3NO5S. The van der Waals surface area contributed by atoms with Crippen molar-refractivity contribution in [3.05, 3.63) is 65.7 Å². The third-order valence-electron chi connectivity index (χ3n) is 4.22. The number of carbonyl (C=O) groups excluding carboxylic acids is 2.